The summed E-state index contributed by atoms with van der Waals surface area (Å²) in [7, 11) is 0. The van der Waals surface area contributed by atoms with Crippen LogP contribution in [0.5, 0.6) is 0 Å². The highest BCUT2D eigenvalue weighted by Crippen LogP contribution is 2.73. The van der Waals surface area contributed by atoms with Crippen LogP contribution < -0.4 is 5.43 Å². The van der Waals surface area contributed by atoms with Crippen LogP contribution in [0.1, 0.15) is 47.6 Å². The van der Waals surface area contributed by atoms with Gasteiger partial charge in [0.2, 0.25) is 0 Å². The summed E-state index contributed by atoms with van der Waals surface area (Å²) < 4.78 is 12.3. The lowest BCUT2D eigenvalue weighted by atomic mass is 9.50. The molecule has 6 aliphatic rings. The minimum Gasteiger partial charge on any atom is -0.459 e. The zero-order valence-electron chi connectivity index (χ0n) is 13.2. The molecule has 4 nitrogen and oxygen atoms in total. The van der Waals surface area contributed by atoms with E-state index >= 15 is 0 Å². The van der Waals surface area contributed by atoms with Crippen molar-refractivity contribution in [3.63, 3.8) is 0 Å². The number of rotatable bonds is 0. The molecule has 118 valence electrons. The van der Waals surface area contributed by atoms with Crippen LogP contribution in [0.25, 0.3) is 0 Å². The maximum atomic E-state index is 12.9. The molecule has 0 amide bonds. The monoisotopic (exact) mass is 310 g/mol. The summed E-state index contributed by atoms with van der Waals surface area (Å²) in [6, 6.07) is 3.52. The molecule has 4 bridgehead atoms. The van der Waals surface area contributed by atoms with Crippen molar-refractivity contribution in [3.05, 3.63) is 44.6 Å². The maximum Gasteiger partial charge on any atom is 0.313 e. The van der Waals surface area contributed by atoms with Gasteiger partial charge in [-0.1, -0.05) is 6.92 Å². The molecular formula is C19H18O4. The molecule has 4 fully saturated rings. The fraction of sp³-hybridized carbons (Fsp3) is 0.579. The number of hydrogen-bond acceptors (Lipinski definition) is 4. The molecule has 1 aromatic carbocycles. The first-order chi connectivity index (χ1) is 11.0. The Kier molecular flexibility index (Phi) is 1.95. The summed E-state index contributed by atoms with van der Waals surface area (Å²) in [5.41, 5.74) is 4.19. The molecule has 23 heavy (non-hydrogen) atoms. The molecule has 0 N–H and O–H groups in total. The Morgan fingerprint density at radius 1 is 1.17 bits per heavy atom. The summed E-state index contributed by atoms with van der Waals surface area (Å²) in [6.07, 6.45) is 1.47. The van der Waals surface area contributed by atoms with Gasteiger partial charge < -0.3 is 9.47 Å². The molecule has 5 unspecified atom stereocenters. The van der Waals surface area contributed by atoms with Crippen molar-refractivity contribution >= 4 is 5.97 Å². The van der Waals surface area contributed by atoms with Crippen LogP contribution in [0.15, 0.2) is 16.9 Å². The average molecular weight is 310 g/mol. The number of esters is 1. The number of fused-ring (bicyclic) bond motifs is 2. The highest BCUT2D eigenvalue weighted by Gasteiger charge is 2.76. The van der Waals surface area contributed by atoms with E-state index in [2.05, 4.69) is 6.92 Å². The number of carbonyl (C=O) groups excluding carboxylic acids is 1. The second kappa shape index (κ2) is 3.54. The van der Waals surface area contributed by atoms with Gasteiger partial charge in [-0.25, -0.2) is 0 Å². The van der Waals surface area contributed by atoms with E-state index in [1.807, 2.05) is 6.92 Å². The summed E-state index contributed by atoms with van der Waals surface area (Å²) in [4.78, 5) is 25.0. The third-order valence-electron chi connectivity index (χ3n) is 7.36. The van der Waals surface area contributed by atoms with E-state index < -0.39 is 5.41 Å². The molecular weight excluding hydrogens is 292 g/mol. The maximum absolute atomic E-state index is 12.9. The molecule has 3 aliphatic heterocycles. The Morgan fingerprint density at radius 2 is 2.00 bits per heavy atom. The highest BCUT2D eigenvalue weighted by atomic mass is 16.6. The third kappa shape index (κ3) is 1.11. The van der Waals surface area contributed by atoms with Gasteiger partial charge in [-0.15, -0.1) is 0 Å². The predicted octanol–water partition coefficient (Wildman–Crippen LogP) is 2.02. The molecule has 3 heterocycles. The summed E-state index contributed by atoms with van der Waals surface area (Å²) >= 11 is 0. The van der Waals surface area contributed by atoms with Crippen LogP contribution in [-0.2, 0) is 20.7 Å². The normalized spacial score (nSPS) is 47.0. The highest BCUT2D eigenvalue weighted by molar-refractivity contribution is 5.83. The van der Waals surface area contributed by atoms with Gasteiger partial charge >= 0.3 is 5.97 Å². The Labute approximate surface area is 133 Å². The standard InChI is InChI=1S/C19H18O4/c1-7-5-10(20)6-9-3-4-19-8(2)15-17(23-18(19)21)13-14(19)12(9)11(7)16(13)22-15/h5-6,8,13-17H,3-4H2,1-2H3/t8?,13?,14?,15-,16?,17?,19-/m0/s1. The fourth-order valence-corrected chi connectivity index (χ4v) is 6.56. The van der Waals surface area contributed by atoms with Crippen molar-refractivity contribution in [2.75, 3.05) is 0 Å². The Balaban J connectivity index is 1.78. The smallest absolute Gasteiger partial charge is 0.313 e. The molecule has 0 radical (unpaired) electrons. The van der Waals surface area contributed by atoms with E-state index in [-0.39, 0.29) is 47.5 Å². The van der Waals surface area contributed by atoms with Crippen molar-refractivity contribution in [1.29, 1.82) is 0 Å². The first-order valence-electron chi connectivity index (χ1n) is 8.58. The second-order valence-corrected chi connectivity index (χ2v) is 8.00. The average Bonchev–Trinajstić information content (AvgIpc) is 2.95. The molecule has 7 atom stereocenters. The van der Waals surface area contributed by atoms with Gasteiger partial charge in [-0.05, 0) is 54.2 Å². The zero-order chi connectivity index (χ0) is 15.7. The van der Waals surface area contributed by atoms with Crippen molar-refractivity contribution in [2.24, 2.45) is 17.3 Å². The van der Waals surface area contributed by atoms with E-state index in [1.54, 1.807) is 12.1 Å². The van der Waals surface area contributed by atoms with Crippen molar-refractivity contribution in [1.82, 2.24) is 0 Å². The first-order valence-corrected chi connectivity index (χ1v) is 8.58. The lowest BCUT2D eigenvalue weighted by Gasteiger charge is -2.57. The van der Waals surface area contributed by atoms with Gasteiger partial charge in [0.15, 0.2) is 5.43 Å². The van der Waals surface area contributed by atoms with Gasteiger partial charge in [-0.3, -0.25) is 9.59 Å². The Hall–Kier alpha value is -1.68. The Bertz CT molecular complexity index is 859. The molecule has 1 aromatic rings. The summed E-state index contributed by atoms with van der Waals surface area (Å²) in [6.45, 7) is 4.17. The van der Waals surface area contributed by atoms with Crippen LogP contribution in [0.3, 0.4) is 0 Å². The minimum absolute atomic E-state index is 0.00826. The van der Waals surface area contributed by atoms with Gasteiger partial charge in [0.05, 0.1) is 17.6 Å². The van der Waals surface area contributed by atoms with Gasteiger partial charge in [0, 0.05) is 17.8 Å². The molecule has 7 rings (SSSR count). The zero-order valence-corrected chi connectivity index (χ0v) is 13.2. The van der Waals surface area contributed by atoms with E-state index in [1.165, 1.54) is 11.1 Å². The topological polar surface area (TPSA) is 52.6 Å². The predicted molar refractivity (Wildman–Crippen MR) is 81.1 cm³/mol. The third-order valence-corrected chi connectivity index (χ3v) is 7.36. The molecule has 1 spiro atoms. The quantitative estimate of drug-likeness (QED) is 0.688. The number of hydrogen-bond donors (Lipinski definition) is 0. The van der Waals surface area contributed by atoms with Gasteiger partial charge in [0.1, 0.15) is 6.10 Å². The van der Waals surface area contributed by atoms with Crippen LogP contribution in [0.2, 0.25) is 0 Å². The molecule has 3 aliphatic carbocycles. The lowest BCUT2D eigenvalue weighted by molar-refractivity contribution is -0.215. The first kappa shape index (κ1) is 12.7. The SMILES string of the molecule is Cc1cc(=O)cc2c3c1C1O[C@@H]4C5OC(=O)[C@](CC2)(C3C15)C4C. The molecule has 1 saturated carbocycles. The van der Waals surface area contributed by atoms with E-state index in [0.29, 0.717) is 0 Å². The van der Waals surface area contributed by atoms with E-state index in [0.717, 1.165) is 24.0 Å². The lowest BCUT2D eigenvalue weighted by Crippen LogP contribution is -2.64. The largest absolute Gasteiger partial charge is 0.459 e. The van der Waals surface area contributed by atoms with E-state index in [4.69, 9.17) is 9.47 Å². The molecule has 3 saturated heterocycles. The second-order valence-electron chi connectivity index (χ2n) is 8.00. The van der Waals surface area contributed by atoms with Gasteiger partial charge in [0.25, 0.3) is 0 Å². The summed E-state index contributed by atoms with van der Waals surface area (Å²) in [5.74, 6) is 0.594. The van der Waals surface area contributed by atoms with Crippen LogP contribution >= 0.6 is 0 Å². The van der Waals surface area contributed by atoms with Crippen molar-refractivity contribution < 1.29 is 14.3 Å². The van der Waals surface area contributed by atoms with Crippen LogP contribution in [0, 0.1) is 24.2 Å². The number of ether oxygens (including phenoxy) is 2. The molecule has 0 aromatic heterocycles. The fourth-order valence-electron chi connectivity index (χ4n) is 6.56. The van der Waals surface area contributed by atoms with Crippen LogP contribution in [-0.4, -0.2) is 18.2 Å². The van der Waals surface area contributed by atoms with Crippen molar-refractivity contribution in [2.45, 2.75) is 50.9 Å². The van der Waals surface area contributed by atoms with E-state index in [9.17, 15) is 9.59 Å². The minimum atomic E-state index is -0.444. The van der Waals surface area contributed by atoms with Crippen LogP contribution in [0.4, 0.5) is 0 Å². The van der Waals surface area contributed by atoms with Gasteiger partial charge in [-0.2, -0.15) is 0 Å². The molecule has 4 heteroatoms. The number of aryl methyl sites for hydroxylation is 2. The van der Waals surface area contributed by atoms with Crippen molar-refractivity contribution in [3.8, 4) is 0 Å². The Morgan fingerprint density at radius 3 is 2.83 bits per heavy atom. The number of carbonyl (C=O) groups is 1. The summed E-state index contributed by atoms with van der Waals surface area (Å²) in [5, 5.41) is 0.